The Kier molecular flexibility index (Phi) is 5.32. The maximum absolute atomic E-state index is 9.52. The average molecular weight is 234 g/mol. The Balaban J connectivity index is 1.95. The van der Waals surface area contributed by atoms with Gasteiger partial charge in [0.2, 0.25) is 0 Å². The maximum Gasteiger partial charge on any atom is 0.101 e. The first-order valence-electron chi connectivity index (χ1n) is 7.55. The number of nitrogens with zero attached hydrogens (tertiary/aromatic N) is 2. The third-order valence-corrected chi connectivity index (χ3v) is 4.51. The van der Waals surface area contributed by atoms with Gasteiger partial charge in [-0.3, -0.25) is 4.90 Å². The van der Waals surface area contributed by atoms with E-state index in [0.29, 0.717) is 5.92 Å². The monoisotopic (exact) mass is 234 g/mol. The first-order chi connectivity index (χ1) is 8.42. The van der Waals surface area contributed by atoms with Gasteiger partial charge in [-0.25, -0.2) is 0 Å². The summed E-state index contributed by atoms with van der Waals surface area (Å²) < 4.78 is 0. The summed E-state index contributed by atoms with van der Waals surface area (Å²) in [5.41, 5.74) is 0. The third kappa shape index (κ3) is 3.71. The molecule has 0 bridgehead atoms. The van der Waals surface area contributed by atoms with Crippen molar-refractivity contribution in [3.63, 3.8) is 0 Å². The third-order valence-electron chi connectivity index (χ3n) is 4.51. The Morgan fingerprint density at radius 3 is 1.88 bits per heavy atom. The number of nitriles is 1. The van der Waals surface area contributed by atoms with E-state index in [1.807, 2.05) is 0 Å². The fourth-order valence-electron chi connectivity index (χ4n) is 3.49. The topological polar surface area (TPSA) is 27.0 Å². The highest BCUT2D eigenvalue weighted by atomic mass is 15.2. The Bertz CT molecular complexity index is 220. The molecule has 2 aliphatic rings. The lowest BCUT2D eigenvalue weighted by molar-refractivity contribution is 0.175. The lowest BCUT2D eigenvalue weighted by Crippen LogP contribution is -2.40. The Hall–Kier alpha value is -0.550. The molecule has 1 unspecified atom stereocenters. The van der Waals surface area contributed by atoms with E-state index >= 15 is 0 Å². The number of rotatable bonds is 2. The standard InChI is InChI=1S/C15H26N2/c16-13-15(14-9-5-1-2-6-10-14)17-11-7-3-4-8-12-17/h14-15H,1-12H2. The van der Waals surface area contributed by atoms with Crippen LogP contribution in [0.2, 0.25) is 0 Å². The summed E-state index contributed by atoms with van der Waals surface area (Å²) in [6.45, 7) is 2.32. The average Bonchev–Trinajstić information content (AvgIpc) is 2.75. The highest BCUT2D eigenvalue weighted by Gasteiger charge is 2.28. The molecule has 0 aromatic carbocycles. The fraction of sp³-hybridized carbons (Fsp3) is 0.933. The Morgan fingerprint density at radius 2 is 1.35 bits per heavy atom. The summed E-state index contributed by atoms with van der Waals surface area (Å²) in [5.74, 6) is 0.653. The predicted molar refractivity (Wildman–Crippen MR) is 70.6 cm³/mol. The molecule has 1 atom stereocenters. The lowest BCUT2D eigenvalue weighted by atomic mass is 9.91. The van der Waals surface area contributed by atoms with Crippen molar-refractivity contribution < 1.29 is 0 Å². The summed E-state index contributed by atoms with van der Waals surface area (Å²) >= 11 is 0. The smallest absolute Gasteiger partial charge is 0.101 e. The molecular weight excluding hydrogens is 208 g/mol. The Morgan fingerprint density at radius 1 is 0.824 bits per heavy atom. The molecule has 0 amide bonds. The van der Waals surface area contributed by atoms with Crippen LogP contribution in [0.1, 0.15) is 64.2 Å². The zero-order valence-corrected chi connectivity index (χ0v) is 11.0. The van der Waals surface area contributed by atoms with Gasteiger partial charge in [-0.2, -0.15) is 5.26 Å². The van der Waals surface area contributed by atoms with Crippen LogP contribution in [0.25, 0.3) is 0 Å². The summed E-state index contributed by atoms with van der Waals surface area (Å²) in [4.78, 5) is 2.49. The zero-order chi connectivity index (χ0) is 11.9. The molecule has 0 radical (unpaired) electrons. The largest absolute Gasteiger partial charge is 0.288 e. The molecule has 1 aliphatic heterocycles. The molecule has 0 aromatic heterocycles. The molecule has 96 valence electrons. The van der Waals surface area contributed by atoms with E-state index in [9.17, 15) is 5.26 Å². The summed E-state index contributed by atoms with van der Waals surface area (Å²) in [7, 11) is 0. The van der Waals surface area contributed by atoms with E-state index in [1.165, 1.54) is 64.2 Å². The van der Waals surface area contributed by atoms with Gasteiger partial charge < -0.3 is 0 Å². The molecular formula is C15H26N2. The normalized spacial score (nSPS) is 26.8. The van der Waals surface area contributed by atoms with E-state index < -0.39 is 0 Å². The highest BCUT2D eigenvalue weighted by Crippen LogP contribution is 2.29. The fourth-order valence-corrected chi connectivity index (χ4v) is 3.49. The predicted octanol–water partition coefficient (Wildman–Crippen LogP) is 3.72. The van der Waals surface area contributed by atoms with Gasteiger partial charge in [-0.15, -0.1) is 0 Å². The molecule has 0 spiro atoms. The van der Waals surface area contributed by atoms with Crippen LogP contribution in [0.15, 0.2) is 0 Å². The van der Waals surface area contributed by atoms with Crippen LogP contribution in [-0.4, -0.2) is 24.0 Å². The van der Waals surface area contributed by atoms with Crippen LogP contribution in [0, 0.1) is 17.2 Å². The van der Waals surface area contributed by atoms with Crippen LogP contribution in [-0.2, 0) is 0 Å². The minimum Gasteiger partial charge on any atom is -0.288 e. The van der Waals surface area contributed by atoms with E-state index in [4.69, 9.17) is 0 Å². The molecule has 0 N–H and O–H groups in total. The molecule has 17 heavy (non-hydrogen) atoms. The minimum atomic E-state index is 0.214. The summed E-state index contributed by atoms with van der Waals surface area (Å²) in [5, 5.41) is 9.52. The SMILES string of the molecule is N#CC(C1CCCCCC1)N1CCCCCC1. The first-order valence-corrected chi connectivity index (χ1v) is 7.55. The lowest BCUT2D eigenvalue weighted by Gasteiger charge is -2.31. The highest BCUT2D eigenvalue weighted by molar-refractivity contribution is 4.97. The second-order valence-electron chi connectivity index (χ2n) is 5.78. The maximum atomic E-state index is 9.52. The van der Waals surface area contributed by atoms with Crippen molar-refractivity contribution in [2.24, 2.45) is 5.92 Å². The van der Waals surface area contributed by atoms with Crippen LogP contribution in [0.5, 0.6) is 0 Å². The van der Waals surface area contributed by atoms with E-state index in [2.05, 4.69) is 11.0 Å². The van der Waals surface area contributed by atoms with E-state index in [1.54, 1.807) is 0 Å². The molecule has 1 saturated carbocycles. The van der Waals surface area contributed by atoms with Gasteiger partial charge in [0.15, 0.2) is 0 Å². The zero-order valence-electron chi connectivity index (χ0n) is 11.0. The van der Waals surface area contributed by atoms with Crippen molar-refractivity contribution in [2.45, 2.75) is 70.3 Å². The van der Waals surface area contributed by atoms with Gasteiger partial charge in [-0.05, 0) is 44.7 Å². The van der Waals surface area contributed by atoms with Crippen LogP contribution in [0.4, 0.5) is 0 Å². The van der Waals surface area contributed by atoms with Crippen LogP contribution in [0.3, 0.4) is 0 Å². The molecule has 1 aliphatic carbocycles. The molecule has 2 rings (SSSR count). The van der Waals surface area contributed by atoms with Crippen molar-refractivity contribution in [3.8, 4) is 6.07 Å². The molecule has 2 nitrogen and oxygen atoms in total. The molecule has 2 fully saturated rings. The van der Waals surface area contributed by atoms with Crippen LogP contribution < -0.4 is 0 Å². The number of hydrogen-bond donors (Lipinski definition) is 0. The molecule has 0 aromatic rings. The van der Waals surface area contributed by atoms with Gasteiger partial charge in [-0.1, -0.05) is 38.5 Å². The summed E-state index contributed by atoms with van der Waals surface area (Å²) in [6.07, 6.45) is 13.3. The molecule has 2 heteroatoms. The second kappa shape index (κ2) is 7.01. The van der Waals surface area contributed by atoms with Gasteiger partial charge in [0.25, 0.3) is 0 Å². The van der Waals surface area contributed by atoms with E-state index in [-0.39, 0.29) is 6.04 Å². The minimum absolute atomic E-state index is 0.214. The van der Waals surface area contributed by atoms with Gasteiger partial charge >= 0.3 is 0 Å². The summed E-state index contributed by atoms with van der Waals surface area (Å²) in [6, 6.07) is 2.84. The Labute approximate surface area is 106 Å². The molecule has 1 saturated heterocycles. The van der Waals surface area contributed by atoms with Crippen molar-refractivity contribution in [2.75, 3.05) is 13.1 Å². The van der Waals surface area contributed by atoms with Gasteiger partial charge in [0, 0.05) is 0 Å². The second-order valence-corrected chi connectivity index (χ2v) is 5.78. The first kappa shape index (κ1) is 12.9. The van der Waals surface area contributed by atoms with Crippen molar-refractivity contribution in [1.29, 1.82) is 5.26 Å². The van der Waals surface area contributed by atoms with E-state index in [0.717, 1.165) is 13.1 Å². The number of hydrogen-bond acceptors (Lipinski definition) is 2. The van der Waals surface area contributed by atoms with Gasteiger partial charge in [0.1, 0.15) is 6.04 Å². The molecule has 1 heterocycles. The van der Waals surface area contributed by atoms with Gasteiger partial charge in [0.05, 0.1) is 6.07 Å². The quantitative estimate of drug-likeness (QED) is 0.681. The number of likely N-dealkylation sites (tertiary alicyclic amines) is 1. The van der Waals surface area contributed by atoms with Crippen molar-refractivity contribution in [3.05, 3.63) is 0 Å². The van der Waals surface area contributed by atoms with Crippen molar-refractivity contribution in [1.82, 2.24) is 4.90 Å². The van der Waals surface area contributed by atoms with Crippen molar-refractivity contribution >= 4 is 0 Å². The van der Waals surface area contributed by atoms with Crippen LogP contribution >= 0.6 is 0 Å².